The van der Waals surface area contributed by atoms with Crippen molar-refractivity contribution in [3.8, 4) is 0 Å². The number of carboxylic acids is 1. The quantitative estimate of drug-likeness (QED) is 0.121. The highest BCUT2D eigenvalue weighted by atomic mass is 32.2. The van der Waals surface area contributed by atoms with Crippen LogP contribution in [-0.4, -0.2) is 55.7 Å². The van der Waals surface area contributed by atoms with E-state index in [0.29, 0.717) is 25.9 Å². The predicted octanol–water partition coefficient (Wildman–Crippen LogP) is 2.80. The van der Waals surface area contributed by atoms with Crippen molar-refractivity contribution < 1.29 is 34.6 Å². The van der Waals surface area contributed by atoms with Crippen LogP contribution in [0.4, 0.5) is 0 Å². The van der Waals surface area contributed by atoms with Gasteiger partial charge in [0, 0.05) is 20.9 Å². The van der Waals surface area contributed by atoms with Gasteiger partial charge in [0.05, 0.1) is 10.8 Å². The number of hydrogen-bond donors (Lipinski definition) is 5. The molecule has 0 aliphatic carbocycles. The lowest BCUT2D eigenvalue weighted by Gasteiger charge is -2.08. The normalized spacial score (nSPS) is 12.3. The maximum absolute atomic E-state index is 12.3. The Bertz CT molecular complexity index is 888. The number of benzene rings is 1. The fraction of sp³-hybridized carbons (Fsp3) is 0.680. The van der Waals surface area contributed by atoms with Crippen LogP contribution in [0.25, 0.3) is 0 Å². The molecule has 1 atom stereocenters. The molecular formula is C25H45BN2O7S. The molecule has 1 aromatic rings. The third-order valence-corrected chi connectivity index (χ3v) is 7.61. The first kappa shape index (κ1) is 32.1. The molecule has 0 spiro atoms. The molecule has 0 aliphatic rings. The van der Waals surface area contributed by atoms with Gasteiger partial charge in [-0.2, -0.15) is 0 Å². The standard InChI is InChI=1S/C25H43BN2O7S.H2/c1-21(25(30)31)14-10-12-18-27-24(29)17-9-7-5-3-2-4-6-8-11-19-28-36(34,35)23-16-13-15-22(20-23)26(32)33;/h13,15-16,20-21,28,32-33H,2-12,14,17-19H2,1H3,(H,27,29)(H,30,31);1H/t21-;/m0./s1. The van der Waals surface area contributed by atoms with Crippen LogP contribution in [0.2, 0.25) is 0 Å². The van der Waals surface area contributed by atoms with Crippen molar-refractivity contribution in [2.45, 2.75) is 95.3 Å². The minimum atomic E-state index is -3.67. The predicted molar refractivity (Wildman–Crippen MR) is 143 cm³/mol. The number of unbranched alkanes of at least 4 members (excludes halogenated alkanes) is 9. The van der Waals surface area contributed by atoms with Crippen molar-refractivity contribution in [1.82, 2.24) is 10.0 Å². The van der Waals surface area contributed by atoms with Gasteiger partial charge in [-0.3, -0.25) is 9.59 Å². The number of rotatable bonds is 21. The van der Waals surface area contributed by atoms with Gasteiger partial charge in [0.1, 0.15) is 0 Å². The third-order valence-electron chi connectivity index (χ3n) is 6.15. The van der Waals surface area contributed by atoms with Crippen LogP contribution in [0.15, 0.2) is 29.2 Å². The highest BCUT2D eigenvalue weighted by Gasteiger charge is 2.17. The van der Waals surface area contributed by atoms with E-state index in [0.717, 1.165) is 70.6 Å². The summed E-state index contributed by atoms with van der Waals surface area (Å²) in [5.74, 6) is -1.04. The second-order valence-electron chi connectivity index (χ2n) is 9.36. The fourth-order valence-electron chi connectivity index (χ4n) is 3.80. The first-order valence-corrected chi connectivity index (χ1v) is 14.6. The highest BCUT2D eigenvalue weighted by Crippen LogP contribution is 2.12. The summed E-state index contributed by atoms with van der Waals surface area (Å²) in [4.78, 5) is 22.6. The van der Waals surface area contributed by atoms with Crippen molar-refractivity contribution in [1.29, 1.82) is 0 Å². The second-order valence-corrected chi connectivity index (χ2v) is 11.1. The van der Waals surface area contributed by atoms with Crippen molar-refractivity contribution in [3.63, 3.8) is 0 Å². The summed E-state index contributed by atoms with van der Waals surface area (Å²) in [5.41, 5.74) is 0.137. The van der Waals surface area contributed by atoms with Crippen molar-refractivity contribution in [2.24, 2.45) is 5.92 Å². The Labute approximate surface area is 217 Å². The SMILES string of the molecule is C[C@@H](CCCCNC(=O)CCCCCCCCCCCNS(=O)(=O)c1cccc(B(O)O)c1)C(=O)O.[HH]. The second kappa shape index (κ2) is 18.3. The zero-order valence-electron chi connectivity index (χ0n) is 21.5. The van der Waals surface area contributed by atoms with E-state index >= 15 is 0 Å². The van der Waals surface area contributed by atoms with Gasteiger partial charge in [0.25, 0.3) is 0 Å². The number of carbonyl (C=O) groups excluding carboxylic acids is 1. The summed E-state index contributed by atoms with van der Waals surface area (Å²) in [6, 6.07) is 5.62. The Kier molecular flexibility index (Phi) is 16.3. The number of sulfonamides is 1. The van der Waals surface area contributed by atoms with Gasteiger partial charge in [-0.15, -0.1) is 0 Å². The van der Waals surface area contributed by atoms with Crippen LogP contribution in [0.3, 0.4) is 0 Å². The lowest BCUT2D eigenvalue weighted by atomic mass is 9.81. The van der Waals surface area contributed by atoms with Crippen molar-refractivity contribution in [2.75, 3.05) is 13.1 Å². The van der Waals surface area contributed by atoms with E-state index in [1.807, 2.05) is 0 Å². The minimum Gasteiger partial charge on any atom is -0.481 e. The lowest BCUT2D eigenvalue weighted by molar-refractivity contribution is -0.141. The van der Waals surface area contributed by atoms with Gasteiger partial charge >= 0.3 is 13.1 Å². The van der Waals surface area contributed by atoms with E-state index in [2.05, 4.69) is 10.0 Å². The Morgan fingerprint density at radius 3 is 2.11 bits per heavy atom. The average molecular weight is 529 g/mol. The monoisotopic (exact) mass is 528 g/mol. The number of aliphatic carboxylic acids is 1. The Balaban J connectivity index is 0.0000130. The van der Waals surface area contributed by atoms with Crippen LogP contribution in [0.5, 0.6) is 0 Å². The molecular weight excluding hydrogens is 483 g/mol. The molecule has 0 unspecified atom stereocenters. The first-order chi connectivity index (χ1) is 17.1. The molecule has 36 heavy (non-hydrogen) atoms. The smallest absolute Gasteiger partial charge is 0.481 e. The molecule has 9 nitrogen and oxygen atoms in total. The van der Waals surface area contributed by atoms with E-state index in [9.17, 15) is 28.1 Å². The van der Waals surface area contributed by atoms with Gasteiger partial charge in [-0.25, -0.2) is 13.1 Å². The number of nitrogens with one attached hydrogen (secondary N) is 2. The first-order valence-electron chi connectivity index (χ1n) is 13.1. The van der Waals surface area contributed by atoms with E-state index in [4.69, 9.17) is 5.11 Å². The van der Waals surface area contributed by atoms with Gasteiger partial charge in [0.15, 0.2) is 0 Å². The molecule has 1 aromatic carbocycles. The Hall–Kier alpha value is -1.95. The van der Waals surface area contributed by atoms with Gasteiger partial charge in [-0.1, -0.05) is 70.4 Å². The number of hydrogen-bond acceptors (Lipinski definition) is 6. The molecule has 1 amide bonds. The Morgan fingerprint density at radius 2 is 1.50 bits per heavy atom. The van der Waals surface area contributed by atoms with Crippen LogP contribution >= 0.6 is 0 Å². The van der Waals surface area contributed by atoms with Gasteiger partial charge < -0.3 is 20.5 Å². The molecule has 11 heteroatoms. The largest absolute Gasteiger partial charge is 0.488 e. The fourth-order valence-corrected chi connectivity index (χ4v) is 4.92. The number of amides is 1. The summed E-state index contributed by atoms with van der Waals surface area (Å²) in [6.45, 7) is 2.65. The van der Waals surface area contributed by atoms with Gasteiger partial charge in [-0.05, 0) is 43.3 Å². The summed E-state index contributed by atoms with van der Waals surface area (Å²) >= 11 is 0. The molecule has 1 rings (SSSR count). The molecule has 0 bridgehead atoms. The molecule has 0 saturated carbocycles. The molecule has 0 radical (unpaired) electrons. The number of carboxylic acid groups (broad SMARTS) is 1. The number of carbonyl (C=O) groups is 2. The zero-order chi connectivity index (χ0) is 26.8. The molecule has 206 valence electrons. The molecule has 0 heterocycles. The summed E-state index contributed by atoms with van der Waals surface area (Å²) in [7, 11) is -5.37. The Morgan fingerprint density at radius 1 is 0.917 bits per heavy atom. The summed E-state index contributed by atoms with van der Waals surface area (Å²) < 4.78 is 27.2. The average Bonchev–Trinajstić information content (AvgIpc) is 2.84. The maximum atomic E-state index is 12.3. The van der Waals surface area contributed by atoms with Crippen molar-refractivity contribution >= 4 is 34.5 Å². The van der Waals surface area contributed by atoms with Crippen LogP contribution in [0, 0.1) is 5.92 Å². The van der Waals surface area contributed by atoms with Gasteiger partial charge in [0.2, 0.25) is 15.9 Å². The van der Waals surface area contributed by atoms with Crippen LogP contribution in [0.1, 0.15) is 91.8 Å². The maximum Gasteiger partial charge on any atom is 0.488 e. The molecule has 0 aromatic heterocycles. The highest BCUT2D eigenvalue weighted by molar-refractivity contribution is 7.89. The van der Waals surface area contributed by atoms with Crippen LogP contribution < -0.4 is 15.5 Å². The van der Waals surface area contributed by atoms with Crippen LogP contribution in [-0.2, 0) is 19.6 Å². The summed E-state index contributed by atoms with van der Waals surface area (Å²) in [5, 5.41) is 30.1. The topological polar surface area (TPSA) is 153 Å². The van der Waals surface area contributed by atoms with E-state index in [1.54, 1.807) is 6.92 Å². The molecule has 5 N–H and O–H groups in total. The van der Waals surface area contributed by atoms with Crippen molar-refractivity contribution in [3.05, 3.63) is 24.3 Å². The minimum absolute atomic E-state index is 0. The molecule has 0 fully saturated rings. The van der Waals surface area contributed by atoms with E-state index < -0.39 is 23.1 Å². The lowest BCUT2D eigenvalue weighted by Crippen LogP contribution is -2.32. The third kappa shape index (κ3) is 14.6. The summed E-state index contributed by atoms with van der Waals surface area (Å²) in [6.07, 6.45) is 11.9. The molecule has 0 saturated heterocycles. The molecule has 0 aliphatic heterocycles. The zero-order valence-corrected chi connectivity index (χ0v) is 22.3. The van der Waals surface area contributed by atoms with E-state index in [-0.39, 0.29) is 23.6 Å². The van der Waals surface area contributed by atoms with E-state index in [1.165, 1.54) is 24.3 Å².